The van der Waals surface area contributed by atoms with E-state index >= 15 is 0 Å². The molecule has 0 spiro atoms. The van der Waals surface area contributed by atoms with Crippen LogP contribution in [0.15, 0.2) is 30.5 Å². The summed E-state index contributed by atoms with van der Waals surface area (Å²) in [5.41, 5.74) is 1.66. The third kappa shape index (κ3) is 2.45. The van der Waals surface area contributed by atoms with Crippen molar-refractivity contribution in [2.45, 2.75) is 13.8 Å². The molecule has 0 saturated heterocycles. The highest BCUT2D eigenvalue weighted by molar-refractivity contribution is 5.90. The molecule has 1 aromatic carbocycles. The Morgan fingerprint density at radius 2 is 1.94 bits per heavy atom. The molecule has 0 amide bonds. The lowest BCUT2D eigenvalue weighted by molar-refractivity contribution is 0.0694. The maximum absolute atomic E-state index is 11.0. The van der Waals surface area contributed by atoms with E-state index in [2.05, 4.69) is 9.97 Å². The Morgan fingerprint density at radius 3 is 2.61 bits per heavy atom. The average molecular weight is 244 g/mol. The number of carbonyl (C=O) groups is 1. The van der Waals surface area contributed by atoms with Crippen molar-refractivity contribution in [1.29, 1.82) is 0 Å². The van der Waals surface area contributed by atoms with Crippen LogP contribution < -0.4 is 4.74 Å². The molecule has 5 nitrogen and oxygen atoms in total. The summed E-state index contributed by atoms with van der Waals surface area (Å²) in [6, 6.07) is 6.41. The average Bonchev–Trinajstić information content (AvgIpc) is 2.34. The van der Waals surface area contributed by atoms with Crippen molar-refractivity contribution in [3.63, 3.8) is 0 Å². The Bertz CT molecular complexity index is 597. The van der Waals surface area contributed by atoms with Gasteiger partial charge >= 0.3 is 5.97 Å². The number of benzene rings is 1. The van der Waals surface area contributed by atoms with Crippen molar-refractivity contribution in [1.82, 2.24) is 9.97 Å². The van der Waals surface area contributed by atoms with Crippen LogP contribution in [0, 0.1) is 13.8 Å². The first-order chi connectivity index (χ1) is 8.58. The van der Waals surface area contributed by atoms with Gasteiger partial charge in [0.1, 0.15) is 11.3 Å². The van der Waals surface area contributed by atoms with Gasteiger partial charge in [-0.05, 0) is 26.0 Å². The van der Waals surface area contributed by atoms with Gasteiger partial charge in [0.05, 0.1) is 17.6 Å². The lowest BCUT2D eigenvalue weighted by Crippen LogP contribution is -2.01. The van der Waals surface area contributed by atoms with Crippen molar-refractivity contribution >= 4 is 5.97 Å². The van der Waals surface area contributed by atoms with Crippen LogP contribution in [0.5, 0.6) is 11.6 Å². The molecule has 0 unspecified atom stereocenters. The number of para-hydroxylation sites is 1. The predicted octanol–water partition coefficient (Wildman–Crippen LogP) is 2.58. The molecule has 1 heterocycles. The summed E-state index contributed by atoms with van der Waals surface area (Å²) in [6.07, 6.45) is 1.47. The summed E-state index contributed by atoms with van der Waals surface area (Å²) in [5.74, 6) is -0.503. The monoisotopic (exact) mass is 244 g/mol. The minimum Gasteiger partial charge on any atom is -0.478 e. The molecule has 0 atom stereocenters. The standard InChI is InChI=1S/C13H12N2O3/c1-8-9(2)15-12(7-14-8)18-11-6-4-3-5-10(11)13(16)17/h3-7H,1-2H3,(H,16,17). The summed E-state index contributed by atoms with van der Waals surface area (Å²) in [4.78, 5) is 19.3. The van der Waals surface area contributed by atoms with Gasteiger partial charge in [-0.2, -0.15) is 0 Å². The Labute approximate surface area is 104 Å². The van der Waals surface area contributed by atoms with Crippen molar-refractivity contribution < 1.29 is 14.6 Å². The van der Waals surface area contributed by atoms with Gasteiger partial charge in [-0.25, -0.2) is 9.78 Å². The summed E-state index contributed by atoms with van der Waals surface area (Å²) >= 11 is 0. The molecule has 1 N–H and O–H groups in total. The molecule has 0 saturated carbocycles. The maximum Gasteiger partial charge on any atom is 0.339 e. The number of aromatic nitrogens is 2. The normalized spacial score (nSPS) is 10.1. The number of rotatable bonds is 3. The number of aromatic carboxylic acids is 1. The maximum atomic E-state index is 11.0. The van der Waals surface area contributed by atoms with E-state index in [1.54, 1.807) is 18.2 Å². The van der Waals surface area contributed by atoms with E-state index in [-0.39, 0.29) is 17.2 Å². The van der Waals surface area contributed by atoms with Crippen LogP contribution in [0.25, 0.3) is 0 Å². The minimum atomic E-state index is -1.04. The van der Waals surface area contributed by atoms with E-state index in [1.807, 2.05) is 13.8 Å². The number of hydrogen-bond donors (Lipinski definition) is 1. The van der Waals surface area contributed by atoms with Crippen molar-refractivity contribution in [3.8, 4) is 11.6 Å². The van der Waals surface area contributed by atoms with Crippen LogP contribution in [-0.2, 0) is 0 Å². The summed E-state index contributed by atoms with van der Waals surface area (Å²) < 4.78 is 5.45. The van der Waals surface area contributed by atoms with Crippen molar-refractivity contribution in [3.05, 3.63) is 47.4 Å². The van der Waals surface area contributed by atoms with E-state index in [0.29, 0.717) is 0 Å². The lowest BCUT2D eigenvalue weighted by atomic mass is 10.2. The van der Waals surface area contributed by atoms with Gasteiger partial charge in [0, 0.05) is 0 Å². The molecule has 5 heteroatoms. The van der Waals surface area contributed by atoms with Crippen LogP contribution in [0.1, 0.15) is 21.7 Å². The summed E-state index contributed by atoms with van der Waals surface area (Å²) in [6.45, 7) is 3.66. The fourth-order valence-electron chi connectivity index (χ4n) is 1.41. The molecular formula is C13H12N2O3. The van der Waals surface area contributed by atoms with Crippen LogP contribution in [0.3, 0.4) is 0 Å². The van der Waals surface area contributed by atoms with Crippen molar-refractivity contribution in [2.24, 2.45) is 0 Å². The lowest BCUT2D eigenvalue weighted by Gasteiger charge is -2.08. The molecule has 1 aromatic heterocycles. The third-order valence-electron chi connectivity index (χ3n) is 2.50. The van der Waals surface area contributed by atoms with Gasteiger partial charge in [-0.15, -0.1) is 0 Å². The second-order valence-corrected chi connectivity index (χ2v) is 3.78. The second kappa shape index (κ2) is 4.83. The third-order valence-corrected chi connectivity index (χ3v) is 2.50. The molecule has 92 valence electrons. The van der Waals surface area contributed by atoms with Crippen molar-refractivity contribution in [2.75, 3.05) is 0 Å². The number of aryl methyl sites for hydroxylation is 2. The summed E-state index contributed by atoms with van der Waals surface area (Å²) in [5, 5.41) is 9.03. The topological polar surface area (TPSA) is 72.3 Å². The van der Waals surface area contributed by atoms with Gasteiger partial charge < -0.3 is 9.84 Å². The van der Waals surface area contributed by atoms with E-state index in [0.717, 1.165) is 11.4 Å². The first-order valence-electron chi connectivity index (χ1n) is 5.38. The molecule has 0 aliphatic carbocycles. The molecular weight excluding hydrogens is 232 g/mol. The van der Waals surface area contributed by atoms with Crippen LogP contribution in [0.2, 0.25) is 0 Å². The SMILES string of the molecule is Cc1ncc(Oc2ccccc2C(=O)O)nc1C. The molecule has 0 fully saturated rings. The highest BCUT2D eigenvalue weighted by Gasteiger charge is 2.11. The van der Waals surface area contributed by atoms with E-state index in [9.17, 15) is 4.79 Å². The molecule has 0 aliphatic heterocycles. The predicted molar refractivity (Wildman–Crippen MR) is 65.0 cm³/mol. The number of hydrogen-bond acceptors (Lipinski definition) is 4. The fraction of sp³-hybridized carbons (Fsp3) is 0.154. The number of ether oxygens (including phenoxy) is 1. The largest absolute Gasteiger partial charge is 0.478 e. The molecule has 0 radical (unpaired) electrons. The number of carboxylic acid groups (broad SMARTS) is 1. The molecule has 18 heavy (non-hydrogen) atoms. The smallest absolute Gasteiger partial charge is 0.339 e. The van der Waals surface area contributed by atoms with E-state index < -0.39 is 5.97 Å². The minimum absolute atomic E-state index is 0.0949. The van der Waals surface area contributed by atoms with Gasteiger partial charge in [0.25, 0.3) is 0 Å². The molecule has 0 bridgehead atoms. The van der Waals surface area contributed by atoms with Crippen LogP contribution in [-0.4, -0.2) is 21.0 Å². The molecule has 2 aromatic rings. The van der Waals surface area contributed by atoms with E-state index in [1.165, 1.54) is 12.3 Å². The highest BCUT2D eigenvalue weighted by atomic mass is 16.5. The first kappa shape index (κ1) is 12.0. The summed E-state index contributed by atoms with van der Waals surface area (Å²) in [7, 11) is 0. The highest BCUT2D eigenvalue weighted by Crippen LogP contribution is 2.23. The number of nitrogens with zero attached hydrogens (tertiary/aromatic N) is 2. The Balaban J connectivity index is 2.34. The zero-order valence-corrected chi connectivity index (χ0v) is 10.0. The second-order valence-electron chi connectivity index (χ2n) is 3.78. The van der Waals surface area contributed by atoms with Crippen LogP contribution >= 0.6 is 0 Å². The Morgan fingerprint density at radius 1 is 1.22 bits per heavy atom. The fourth-order valence-corrected chi connectivity index (χ4v) is 1.41. The zero-order chi connectivity index (χ0) is 13.1. The number of carboxylic acids is 1. The van der Waals surface area contributed by atoms with Gasteiger partial charge in [-0.1, -0.05) is 12.1 Å². The van der Waals surface area contributed by atoms with Gasteiger partial charge in [-0.3, -0.25) is 4.98 Å². The Hall–Kier alpha value is -2.43. The molecule has 2 rings (SSSR count). The van der Waals surface area contributed by atoms with Gasteiger partial charge in [0.15, 0.2) is 0 Å². The molecule has 0 aliphatic rings. The zero-order valence-electron chi connectivity index (χ0n) is 10.0. The Kier molecular flexibility index (Phi) is 3.23. The quantitative estimate of drug-likeness (QED) is 0.898. The van der Waals surface area contributed by atoms with Gasteiger partial charge in [0.2, 0.25) is 5.88 Å². The first-order valence-corrected chi connectivity index (χ1v) is 5.38. The van der Waals surface area contributed by atoms with E-state index in [4.69, 9.17) is 9.84 Å². The van der Waals surface area contributed by atoms with Crippen LogP contribution in [0.4, 0.5) is 0 Å².